The van der Waals surface area contributed by atoms with Crippen molar-refractivity contribution >= 4 is 11.6 Å². The first-order chi connectivity index (χ1) is 10.7. The highest BCUT2D eigenvalue weighted by molar-refractivity contribution is 5.80. The number of para-hydroxylation sites is 1. The first-order valence-corrected chi connectivity index (χ1v) is 6.99. The molecule has 0 aliphatic heterocycles. The van der Waals surface area contributed by atoms with Crippen LogP contribution in [0.15, 0.2) is 48.5 Å². The molecule has 0 saturated heterocycles. The van der Waals surface area contributed by atoms with E-state index in [4.69, 9.17) is 9.47 Å². The Labute approximate surface area is 130 Å². The van der Waals surface area contributed by atoms with Gasteiger partial charge in [-0.05, 0) is 29.8 Å². The predicted molar refractivity (Wildman–Crippen MR) is 86.3 cm³/mol. The highest BCUT2D eigenvalue weighted by atomic mass is 16.5. The van der Waals surface area contributed by atoms with Crippen LogP contribution in [0, 0.1) is 0 Å². The van der Waals surface area contributed by atoms with E-state index in [1.165, 1.54) is 0 Å². The minimum absolute atomic E-state index is 0.0707. The van der Waals surface area contributed by atoms with Crippen molar-refractivity contribution in [2.75, 3.05) is 26.1 Å². The molecule has 0 radical (unpaired) electrons. The van der Waals surface area contributed by atoms with Crippen LogP contribution in [0.25, 0.3) is 0 Å². The lowest BCUT2D eigenvalue weighted by molar-refractivity contribution is -0.119. The maximum atomic E-state index is 11.8. The van der Waals surface area contributed by atoms with Crippen LogP contribution in [-0.4, -0.2) is 26.7 Å². The zero-order chi connectivity index (χ0) is 15.8. The van der Waals surface area contributed by atoms with E-state index < -0.39 is 0 Å². The average Bonchev–Trinajstić information content (AvgIpc) is 2.58. The molecule has 0 unspecified atom stereocenters. The van der Waals surface area contributed by atoms with Gasteiger partial charge in [0.25, 0.3) is 0 Å². The molecule has 0 spiro atoms. The number of benzene rings is 2. The van der Waals surface area contributed by atoms with E-state index in [2.05, 4.69) is 10.6 Å². The number of anilines is 1. The van der Waals surface area contributed by atoms with Gasteiger partial charge in [0.05, 0.1) is 20.8 Å². The molecule has 1 amide bonds. The summed E-state index contributed by atoms with van der Waals surface area (Å²) in [5.74, 6) is 1.25. The van der Waals surface area contributed by atoms with Gasteiger partial charge in [-0.1, -0.05) is 24.3 Å². The van der Waals surface area contributed by atoms with Gasteiger partial charge in [0.1, 0.15) is 0 Å². The molecule has 2 aromatic rings. The topological polar surface area (TPSA) is 59.6 Å². The molecule has 0 bridgehead atoms. The first kappa shape index (κ1) is 15.7. The molecule has 5 nitrogen and oxygen atoms in total. The van der Waals surface area contributed by atoms with E-state index in [0.29, 0.717) is 18.0 Å². The molecule has 0 aromatic heterocycles. The van der Waals surface area contributed by atoms with Gasteiger partial charge in [0, 0.05) is 12.2 Å². The van der Waals surface area contributed by atoms with Crippen LogP contribution in [0.2, 0.25) is 0 Å². The zero-order valence-corrected chi connectivity index (χ0v) is 12.8. The Balaban J connectivity index is 1.83. The molecule has 0 aliphatic rings. The minimum atomic E-state index is -0.0707. The number of hydrogen-bond acceptors (Lipinski definition) is 4. The predicted octanol–water partition coefficient (Wildman–Crippen LogP) is 2.43. The first-order valence-electron chi connectivity index (χ1n) is 6.99. The smallest absolute Gasteiger partial charge is 0.239 e. The quantitative estimate of drug-likeness (QED) is 0.824. The third kappa shape index (κ3) is 4.41. The molecular weight excluding hydrogens is 280 g/mol. The molecule has 0 atom stereocenters. The number of carbonyl (C=O) groups excluding carboxylic acids is 1. The number of rotatable bonds is 7. The van der Waals surface area contributed by atoms with Crippen LogP contribution in [0.3, 0.4) is 0 Å². The number of hydrogen-bond donors (Lipinski definition) is 2. The SMILES string of the molecule is COc1ccc(CNC(=O)CNc2ccccc2)cc1OC. The standard InChI is InChI=1S/C17H20N2O3/c1-21-15-9-8-13(10-16(15)22-2)11-19-17(20)12-18-14-6-4-3-5-7-14/h3-10,18H,11-12H2,1-2H3,(H,19,20). The summed E-state index contributed by atoms with van der Waals surface area (Å²) < 4.78 is 10.4. The van der Waals surface area contributed by atoms with Crippen molar-refractivity contribution < 1.29 is 14.3 Å². The lowest BCUT2D eigenvalue weighted by atomic mass is 10.2. The molecule has 2 N–H and O–H groups in total. The Kier molecular flexibility index (Phi) is 5.65. The van der Waals surface area contributed by atoms with Gasteiger partial charge in [-0.15, -0.1) is 0 Å². The van der Waals surface area contributed by atoms with Crippen molar-refractivity contribution in [3.05, 3.63) is 54.1 Å². The van der Waals surface area contributed by atoms with Gasteiger partial charge in [-0.3, -0.25) is 4.79 Å². The van der Waals surface area contributed by atoms with Crippen LogP contribution in [0.4, 0.5) is 5.69 Å². The summed E-state index contributed by atoms with van der Waals surface area (Å²) in [6.45, 7) is 0.674. The zero-order valence-electron chi connectivity index (χ0n) is 12.8. The van der Waals surface area contributed by atoms with E-state index in [9.17, 15) is 4.79 Å². The third-order valence-corrected chi connectivity index (χ3v) is 3.16. The van der Waals surface area contributed by atoms with Crippen LogP contribution >= 0.6 is 0 Å². The molecule has 22 heavy (non-hydrogen) atoms. The Morgan fingerprint density at radius 1 is 1.00 bits per heavy atom. The summed E-state index contributed by atoms with van der Waals surface area (Å²) >= 11 is 0. The summed E-state index contributed by atoms with van der Waals surface area (Å²) in [5.41, 5.74) is 1.87. The van der Waals surface area contributed by atoms with Gasteiger partial charge >= 0.3 is 0 Å². The number of nitrogens with one attached hydrogen (secondary N) is 2. The monoisotopic (exact) mass is 300 g/mol. The Bertz CT molecular complexity index is 615. The molecule has 5 heteroatoms. The molecule has 0 fully saturated rings. The highest BCUT2D eigenvalue weighted by Gasteiger charge is 2.06. The van der Waals surface area contributed by atoms with E-state index in [0.717, 1.165) is 11.3 Å². The number of carbonyl (C=O) groups is 1. The summed E-state index contributed by atoms with van der Waals surface area (Å²) in [6, 6.07) is 15.2. The minimum Gasteiger partial charge on any atom is -0.493 e. The molecule has 2 rings (SSSR count). The van der Waals surface area contributed by atoms with Crippen LogP contribution in [-0.2, 0) is 11.3 Å². The molecular formula is C17H20N2O3. The Morgan fingerprint density at radius 2 is 1.73 bits per heavy atom. The summed E-state index contributed by atoms with van der Waals surface area (Å²) in [4.78, 5) is 11.8. The van der Waals surface area contributed by atoms with Crippen molar-refractivity contribution in [2.24, 2.45) is 0 Å². The molecule has 0 saturated carbocycles. The van der Waals surface area contributed by atoms with Crippen molar-refractivity contribution in [2.45, 2.75) is 6.54 Å². The van der Waals surface area contributed by atoms with E-state index in [1.54, 1.807) is 14.2 Å². The summed E-state index contributed by atoms with van der Waals surface area (Å²) in [7, 11) is 3.18. The summed E-state index contributed by atoms with van der Waals surface area (Å²) in [5, 5.41) is 5.92. The molecule has 116 valence electrons. The largest absolute Gasteiger partial charge is 0.493 e. The highest BCUT2D eigenvalue weighted by Crippen LogP contribution is 2.27. The average molecular weight is 300 g/mol. The molecule has 0 heterocycles. The van der Waals surface area contributed by atoms with E-state index in [1.807, 2.05) is 48.5 Å². The van der Waals surface area contributed by atoms with Gasteiger partial charge < -0.3 is 20.1 Å². The van der Waals surface area contributed by atoms with Crippen molar-refractivity contribution in [1.82, 2.24) is 5.32 Å². The van der Waals surface area contributed by atoms with Crippen molar-refractivity contribution in [3.8, 4) is 11.5 Å². The normalized spacial score (nSPS) is 9.91. The second kappa shape index (κ2) is 7.93. The van der Waals surface area contributed by atoms with Crippen molar-refractivity contribution in [3.63, 3.8) is 0 Å². The molecule has 2 aromatic carbocycles. The van der Waals surface area contributed by atoms with E-state index >= 15 is 0 Å². The Morgan fingerprint density at radius 3 is 2.41 bits per heavy atom. The van der Waals surface area contributed by atoms with Gasteiger partial charge in [0.2, 0.25) is 5.91 Å². The van der Waals surface area contributed by atoms with E-state index in [-0.39, 0.29) is 12.5 Å². The van der Waals surface area contributed by atoms with Crippen molar-refractivity contribution in [1.29, 1.82) is 0 Å². The van der Waals surface area contributed by atoms with Gasteiger partial charge in [-0.25, -0.2) is 0 Å². The summed E-state index contributed by atoms with van der Waals surface area (Å²) in [6.07, 6.45) is 0. The third-order valence-electron chi connectivity index (χ3n) is 3.16. The van der Waals surface area contributed by atoms with Gasteiger partial charge in [0.15, 0.2) is 11.5 Å². The number of ether oxygens (including phenoxy) is 2. The Hall–Kier alpha value is -2.69. The van der Waals surface area contributed by atoms with Crippen LogP contribution in [0.1, 0.15) is 5.56 Å². The fourth-order valence-corrected chi connectivity index (χ4v) is 1.99. The second-order valence-corrected chi connectivity index (χ2v) is 4.69. The van der Waals surface area contributed by atoms with Crippen LogP contribution < -0.4 is 20.1 Å². The lowest BCUT2D eigenvalue weighted by Crippen LogP contribution is -2.29. The molecule has 0 aliphatic carbocycles. The van der Waals surface area contributed by atoms with Gasteiger partial charge in [-0.2, -0.15) is 0 Å². The maximum absolute atomic E-state index is 11.8. The fourth-order valence-electron chi connectivity index (χ4n) is 1.99. The lowest BCUT2D eigenvalue weighted by Gasteiger charge is -2.11. The van der Waals surface area contributed by atoms with Crippen LogP contribution in [0.5, 0.6) is 11.5 Å². The fraction of sp³-hybridized carbons (Fsp3) is 0.235. The number of amides is 1. The second-order valence-electron chi connectivity index (χ2n) is 4.69. The number of methoxy groups -OCH3 is 2. The maximum Gasteiger partial charge on any atom is 0.239 e.